The molecular formula is C20H23N3O2. The van der Waals surface area contributed by atoms with Crippen LogP contribution >= 0.6 is 0 Å². The van der Waals surface area contributed by atoms with Crippen LogP contribution in [0.15, 0.2) is 54.2 Å². The van der Waals surface area contributed by atoms with Gasteiger partial charge in [0.05, 0.1) is 19.3 Å². The second-order valence-corrected chi connectivity index (χ2v) is 5.34. The summed E-state index contributed by atoms with van der Waals surface area (Å²) in [6.07, 6.45) is 2.17. The molecule has 0 atom stereocenters. The summed E-state index contributed by atoms with van der Waals surface area (Å²) < 4.78 is 11.2. The van der Waals surface area contributed by atoms with Gasteiger partial charge in [0.15, 0.2) is 0 Å². The maximum atomic E-state index is 9.42. The molecule has 0 radical (unpaired) electrons. The maximum absolute atomic E-state index is 9.42. The van der Waals surface area contributed by atoms with Crippen molar-refractivity contribution in [3.05, 3.63) is 59.8 Å². The highest BCUT2D eigenvalue weighted by Crippen LogP contribution is 2.34. The number of nitrogens with zero attached hydrogens (tertiary/aromatic N) is 1. The summed E-state index contributed by atoms with van der Waals surface area (Å²) in [5.74, 6) is 1.16. The molecule has 0 aliphatic carbocycles. The van der Waals surface area contributed by atoms with Gasteiger partial charge in [0.1, 0.15) is 17.2 Å². The zero-order valence-corrected chi connectivity index (χ0v) is 14.6. The number of hydrogen-bond acceptors (Lipinski definition) is 5. The van der Waals surface area contributed by atoms with E-state index in [1.807, 2.05) is 56.3 Å². The molecule has 2 rings (SSSR count). The van der Waals surface area contributed by atoms with Gasteiger partial charge in [-0.25, -0.2) is 0 Å². The Kier molecular flexibility index (Phi) is 6.73. The Bertz CT molecular complexity index is 737. The Balaban J connectivity index is 2.22. The molecule has 0 saturated carbocycles. The number of allylic oxidation sites excluding steroid dienone is 1. The predicted molar refractivity (Wildman–Crippen MR) is 101 cm³/mol. The van der Waals surface area contributed by atoms with Crippen LogP contribution in [0.2, 0.25) is 0 Å². The van der Waals surface area contributed by atoms with Gasteiger partial charge in [-0.3, -0.25) is 0 Å². The van der Waals surface area contributed by atoms with Crippen LogP contribution in [0.4, 0.5) is 11.4 Å². The van der Waals surface area contributed by atoms with E-state index in [0.29, 0.717) is 42.4 Å². The molecule has 0 spiro atoms. The molecular weight excluding hydrogens is 314 g/mol. The lowest BCUT2D eigenvalue weighted by molar-refractivity contribution is 0.326. The van der Waals surface area contributed by atoms with Gasteiger partial charge in [-0.15, -0.1) is 0 Å². The number of nitriles is 1. The average molecular weight is 337 g/mol. The third kappa shape index (κ3) is 5.18. The average Bonchev–Trinajstić information content (AvgIpc) is 2.63. The molecule has 2 aromatic carbocycles. The fourth-order valence-corrected chi connectivity index (χ4v) is 2.35. The van der Waals surface area contributed by atoms with E-state index < -0.39 is 0 Å². The molecule has 5 heteroatoms. The number of hydrogen-bond donors (Lipinski definition) is 2. The smallest absolute Gasteiger partial charge is 0.146 e. The van der Waals surface area contributed by atoms with E-state index in [9.17, 15) is 5.26 Å². The number of nitrogens with one attached hydrogen (secondary N) is 1. The van der Waals surface area contributed by atoms with Crippen LogP contribution in [-0.2, 0) is 6.42 Å². The summed E-state index contributed by atoms with van der Waals surface area (Å²) in [5, 5.41) is 12.6. The first-order valence-corrected chi connectivity index (χ1v) is 8.26. The van der Waals surface area contributed by atoms with E-state index >= 15 is 0 Å². The van der Waals surface area contributed by atoms with Crippen LogP contribution in [0.1, 0.15) is 19.4 Å². The zero-order valence-electron chi connectivity index (χ0n) is 14.6. The van der Waals surface area contributed by atoms with Crippen molar-refractivity contribution in [2.45, 2.75) is 20.3 Å². The number of para-hydroxylation sites is 1. The summed E-state index contributed by atoms with van der Waals surface area (Å²) >= 11 is 0. The van der Waals surface area contributed by atoms with E-state index in [1.54, 1.807) is 6.20 Å². The first kappa shape index (κ1) is 18.2. The lowest BCUT2D eigenvalue weighted by Crippen LogP contribution is -2.03. The lowest BCUT2D eigenvalue weighted by Gasteiger charge is -2.14. The largest absolute Gasteiger partial charge is 0.492 e. The normalized spacial score (nSPS) is 10.8. The van der Waals surface area contributed by atoms with E-state index in [2.05, 4.69) is 11.4 Å². The molecule has 0 aliphatic heterocycles. The lowest BCUT2D eigenvalue weighted by atomic mass is 10.0. The van der Waals surface area contributed by atoms with Gasteiger partial charge in [0.25, 0.3) is 0 Å². The molecule has 0 aliphatic rings. The number of rotatable bonds is 8. The van der Waals surface area contributed by atoms with Gasteiger partial charge >= 0.3 is 0 Å². The molecule has 0 bridgehead atoms. The van der Waals surface area contributed by atoms with Crippen LogP contribution in [-0.4, -0.2) is 13.2 Å². The molecule has 0 heterocycles. The van der Waals surface area contributed by atoms with Gasteiger partial charge in [0.2, 0.25) is 0 Å². The fraction of sp³-hybridized carbons (Fsp3) is 0.250. The van der Waals surface area contributed by atoms with Crippen molar-refractivity contribution in [2.24, 2.45) is 0 Å². The SMILES string of the molecule is CCOc1cc(CC(C#N)=CNc2ccccc2)cc(OCC)c1N. The zero-order chi connectivity index (χ0) is 18.1. The second-order valence-electron chi connectivity index (χ2n) is 5.34. The second kappa shape index (κ2) is 9.24. The van der Waals surface area contributed by atoms with Crippen molar-refractivity contribution in [3.8, 4) is 17.6 Å². The highest BCUT2D eigenvalue weighted by atomic mass is 16.5. The Labute approximate surface area is 148 Å². The van der Waals surface area contributed by atoms with Crippen LogP contribution in [0, 0.1) is 11.3 Å². The topological polar surface area (TPSA) is 80.3 Å². The summed E-state index contributed by atoms with van der Waals surface area (Å²) in [4.78, 5) is 0. The quantitative estimate of drug-likeness (QED) is 0.559. The van der Waals surface area contributed by atoms with Crippen LogP contribution < -0.4 is 20.5 Å². The molecule has 0 saturated heterocycles. The molecule has 0 unspecified atom stereocenters. The third-order valence-electron chi connectivity index (χ3n) is 3.49. The molecule has 5 nitrogen and oxygen atoms in total. The monoisotopic (exact) mass is 337 g/mol. The summed E-state index contributed by atoms with van der Waals surface area (Å²) in [7, 11) is 0. The molecule has 130 valence electrons. The Morgan fingerprint density at radius 3 is 2.24 bits per heavy atom. The van der Waals surface area contributed by atoms with E-state index in [1.165, 1.54) is 0 Å². The number of nitrogen functional groups attached to an aromatic ring is 1. The minimum Gasteiger partial charge on any atom is -0.492 e. The highest BCUT2D eigenvalue weighted by molar-refractivity contribution is 5.65. The van der Waals surface area contributed by atoms with Crippen molar-refractivity contribution >= 4 is 11.4 Å². The van der Waals surface area contributed by atoms with E-state index in [-0.39, 0.29) is 0 Å². The molecule has 0 aromatic heterocycles. The first-order valence-electron chi connectivity index (χ1n) is 8.26. The standard InChI is InChI=1S/C20H23N3O2/c1-3-24-18-11-15(12-19(20(18)22)25-4-2)10-16(13-21)14-23-17-8-6-5-7-9-17/h5-9,11-12,14,23H,3-4,10,22H2,1-2H3. The van der Waals surface area contributed by atoms with Crippen LogP contribution in [0.25, 0.3) is 0 Å². The van der Waals surface area contributed by atoms with E-state index in [4.69, 9.17) is 15.2 Å². The van der Waals surface area contributed by atoms with Crippen molar-refractivity contribution in [1.82, 2.24) is 0 Å². The van der Waals surface area contributed by atoms with Gasteiger partial charge in [-0.1, -0.05) is 18.2 Å². The highest BCUT2D eigenvalue weighted by Gasteiger charge is 2.11. The fourth-order valence-electron chi connectivity index (χ4n) is 2.35. The van der Waals surface area contributed by atoms with Crippen LogP contribution in [0.3, 0.4) is 0 Å². The number of benzene rings is 2. The molecule has 25 heavy (non-hydrogen) atoms. The van der Waals surface area contributed by atoms with Crippen molar-refractivity contribution in [2.75, 3.05) is 24.3 Å². The minimum atomic E-state index is 0.455. The van der Waals surface area contributed by atoms with Crippen LogP contribution in [0.5, 0.6) is 11.5 Å². The Hall–Kier alpha value is -3.13. The van der Waals surface area contributed by atoms with E-state index in [0.717, 1.165) is 11.3 Å². The summed E-state index contributed by atoms with van der Waals surface area (Å²) in [6, 6.07) is 15.6. The molecule has 0 amide bonds. The molecule has 3 N–H and O–H groups in total. The summed E-state index contributed by atoms with van der Waals surface area (Å²) in [5.41, 5.74) is 8.99. The third-order valence-corrected chi connectivity index (χ3v) is 3.49. The summed E-state index contributed by atoms with van der Waals surface area (Å²) in [6.45, 7) is 4.82. The van der Waals surface area contributed by atoms with Gasteiger partial charge in [0, 0.05) is 23.9 Å². The van der Waals surface area contributed by atoms with Crippen molar-refractivity contribution < 1.29 is 9.47 Å². The van der Waals surface area contributed by atoms with Crippen molar-refractivity contribution in [3.63, 3.8) is 0 Å². The van der Waals surface area contributed by atoms with Gasteiger partial charge < -0.3 is 20.5 Å². The Morgan fingerprint density at radius 2 is 1.72 bits per heavy atom. The van der Waals surface area contributed by atoms with Gasteiger partial charge in [-0.05, 0) is 43.7 Å². The number of nitrogens with two attached hydrogens (primary N) is 1. The number of anilines is 2. The number of ether oxygens (including phenoxy) is 2. The van der Waals surface area contributed by atoms with Gasteiger partial charge in [-0.2, -0.15) is 5.26 Å². The van der Waals surface area contributed by atoms with Crippen molar-refractivity contribution in [1.29, 1.82) is 5.26 Å². The molecule has 2 aromatic rings. The molecule has 0 fully saturated rings. The Morgan fingerprint density at radius 1 is 1.12 bits per heavy atom. The predicted octanol–water partition coefficient (Wildman–Crippen LogP) is 4.13. The first-order chi connectivity index (χ1) is 12.2. The minimum absolute atomic E-state index is 0.455. The maximum Gasteiger partial charge on any atom is 0.146 e.